The molecular formula is C18H14O2S. The highest BCUT2D eigenvalue weighted by atomic mass is 32.1. The van der Waals surface area contributed by atoms with Gasteiger partial charge >= 0.3 is 0 Å². The number of benzene rings is 2. The maximum Gasteiger partial charge on any atom is 0.160 e. The van der Waals surface area contributed by atoms with Crippen molar-refractivity contribution in [3.05, 3.63) is 64.9 Å². The van der Waals surface area contributed by atoms with Crippen LogP contribution in [-0.2, 0) is 0 Å². The smallest absolute Gasteiger partial charge is 0.160 e. The first-order valence-corrected chi connectivity index (χ1v) is 7.47. The zero-order valence-corrected chi connectivity index (χ0v) is 12.4. The molecule has 0 spiro atoms. The molecular weight excluding hydrogens is 280 g/mol. The Bertz CT molecular complexity index is 740. The summed E-state index contributed by atoms with van der Waals surface area (Å²) in [6, 6.07) is 18.2. The summed E-state index contributed by atoms with van der Waals surface area (Å²) in [7, 11) is 1.66. The Morgan fingerprint density at radius 3 is 2.00 bits per heavy atom. The third-order valence-corrected chi connectivity index (χ3v) is 4.26. The van der Waals surface area contributed by atoms with E-state index in [-0.39, 0.29) is 0 Å². The van der Waals surface area contributed by atoms with Crippen molar-refractivity contribution in [2.75, 3.05) is 7.11 Å². The zero-order valence-electron chi connectivity index (χ0n) is 11.6. The van der Waals surface area contributed by atoms with Gasteiger partial charge in [-0.15, -0.1) is 11.3 Å². The molecule has 3 aromatic rings. The standard InChI is InChI=1S/C18H14O2S/c1-20-16-8-6-14(7-9-16)13-2-4-15(5-3-13)17-10-11-21-18(17)12-19/h2-12H,1H3. The van der Waals surface area contributed by atoms with Crippen LogP contribution in [0.3, 0.4) is 0 Å². The molecule has 2 aromatic carbocycles. The van der Waals surface area contributed by atoms with E-state index in [1.54, 1.807) is 7.11 Å². The fraction of sp³-hybridized carbons (Fsp3) is 0.0556. The van der Waals surface area contributed by atoms with Crippen LogP contribution in [0, 0.1) is 0 Å². The van der Waals surface area contributed by atoms with Gasteiger partial charge < -0.3 is 4.74 Å². The first-order valence-electron chi connectivity index (χ1n) is 6.59. The third kappa shape index (κ3) is 2.73. The van der Waals surface area contributed by atoms with Crippen LogP contribution in [0.1, 0.15) is 9.67 Å². The lowest BCUT2D eigenvalue weighted by Crippen LogP contribution is -1.84. The van der Waals surface area contributed by atoms with E-state index in [4.69, 9.17) is 4.74 Å². The minimum atomic E-state index is 0.771. The molecule has 1 heterocycles. The van der Waals surface area contributed by atoms with Gasteiger partial charge in [-0.1, -0.05) is 36.4 Å². The maximum absolute atomic E-state index is 11.0. The second-order valence-electron chi connectivity index (χ2n) is 4.62. The van der Waals surface area contributed by atoms with Crippen molar-refractivity contribution in [3.63, 3.8) is 0 Å². The number of ether oxygens (including phenoxy) is 1. The number of rotatable bonds is 4. The minimum Gasteiger partial charge on any atom is -0.497 e. The van der Waals surface area contributed by atoms with E-state index in [0.717, 1.165) is 39.2 Å². The summed E-state index contributed by atoms with van der Waals surface area (Å²) < 4.78 is 5.17. The van der Waals surface area contributed by atoms with E-state index < -0.39 is 0 Å². The molecule has 0 atom stereocenters. The summed E-state index contributed by atoms with van der Waals surface area (Å²) in [5, 5.41) is 1.94. The summed E-state index contributed by atoms with van der Waals surface area (Å²) in [4.78, 5) is 11.8. The molecule has 0 saturated carbocycles. The van der Waals surface area contributed by atoms with Crippen LogP contribution in [0.4, 0.5) is 0 Å². The number of hydrogen-bond donors (Lipinski definition) is 0. The Morgan fingerprint density at radius 1 is 0.857 bits per heavy atom. The molecule has 3 rings (SSSR count). The van der Waals surface area contributed by atoms with Crippen LogP contribution < -0.4 is 4.74 Å². The normalized spacial score (nSPS) is 10.3. The predicted molar refractivity (Wildman–Crippen MR) is 87.1 cm³/mol. The van der Waals surface area contributed by atoms with Crippen LogP contribution in [0.5, 0.6) is 5.75 Å². The van der Waals surface area contributed by atoms with Gasteiger partial charge in [0.05, 0.1) is 12.0 Å². The van der Waals surface area contributed by atoms with Gasteiger partial charge in [0, 0.05) is 5.56 Å². The molecule has 0 saturated heterocycles. The molecule has 104 valence electrons. The third-order valence-electron chi connectivity index (χ3n) is 3.42. The summed E-state index contributed by atoms with van der Waals surface area (Å²) in [5.41, 5.74) is 4.35. The van der Waals surface area contributed by atoms with Crippen molar-refractivity contribution in [1.82, 2.24) is 0 Å². The molecule has 0 N–H and O–H groups in total. The van der Waals surface area contributed by atoms with Crippen molar-refractivity contribution >= 4 is 17.6 Å². The summed E-state index contributed by atoms with van der Waals surface area (Å²) >= 11 is 1.47. The Morgan fingerprint density at radius 2 is 1.43 bits per heavy atom. The van der Waals surface area contributed by atoms with Crippen LogP contribution in [0.2, 0.25) is 0 Å². The molecule has 2 nitrogen and oxygen atoms in total. The van der Waals surface area contributed by atoms with Gasteiger partial charge in [0.1, 0.15) is 5.75 Å². The van der Waals surface area contributed by atoms with E-state index in [0.29, 0.717) is 0 Å². The quantitative estimate of drug-likeness (QED) is 0.639. The zero-order chi connectivity index (χ0) is 14.7. The van der Waals surface area contributed by atoms with E-state index in [1.165, 1.54) is 11.3 Å². The fourth-order valence-electron chi connectivity index (χ4n) is 2.28. The van der Waals surface area contributed by atoms with Crippen molar-refractivity contribution in [2.45, 2.75) is 0 Å². The van der Waals surface area contributed by atoms with Crippen molar-refractivity contribution in [2.24, 2.45) is 0 Å². The summed E-state index contributed by atoms with van der Waals surface area (Å²) in [5.74, 6) is 0.851. The van der Waals surface area contributed by atoms with Crippen LogP contribution >= 0.6 is 11.3 Å². The van der Waals surface area contributed by atoms with Gasteiger partial charge in [-0.2, -0.15) is 0 Å². The Balaban J connectivity index is 1.91. The van der Waals surface area contributed by atoms with Gasteiger partial charge in [-0.25, -0.2) is 0 Å². The summed E-state index contributed by atoms with van der Waals surface area (Å²) in [6.07, 6.45) is 0.914. The van der Waals surface area contributed by atoms with Crippen molar-refractivity contribution in [3.8, 4) is 28.0 Å². The van der Waals surface area contributed by atoms with Gasteiger partial charge in [0.25, 0.3) is 0 Å². The van der Waals surface area contributed by atoms with Gasteiger partial charge in [0.15, 0.2) is 6.29 Å². The fourth-order valence-corrected chi connectivity index (χ4v) is 3.00. The van der Waals surface area contributed by atoms with Gasteiger partial charge in [0.2, 0.25) is 0 Å². The van der Waals surface area contributed by atoms with Crippen LogP contribution in [0.25, 0.3) is 22.3 Å². The first-order chi connectivity index (χ1) is 10.3. The highest BCUT2D eigenvalue weighted by Crippen LogP contribution is 2.29. The molecule has 0 aliphatic heterocycles. The summed E-state index contributed by atoms with van der Waals surface area (Å²) in [6.45, 7) is 0. The highest BCUT2D eigenvalue weighted by molar-refractivity contribution is 7.12. The highest BCUT2D eigenvalue weighted by Gasteiger charge is 2.06. The lowest BCUT2D eigenvalue weighted by Gasteiger charge is -2.05. The Labute approximate surface area is 127 Å². The monoisotopic (exact) mass is 294 g/mol. The molecule has 21 heavy (non-hydrogen) atoms. The maximum atomic E-state index is 11.0. The predicted octanol–water partition coefficient (Wildman–Crippen LogP) is 4.90. The number of thiophene rings is 1. The topological polar surface area (TPSA) is 26.3 Å². The number of methoxy groups -OCH3 is 1. The molecule has 0 aliphatic rings. The molecule has 3 heteroatoms. The van der Waals surface area contributed by atoms with E-state index in [1.807, 2.05) is 35.7 Å². The molecule has 0 aliphatic carbocycles. The Hall–Kier alpha value is -2.39. The molecule has 0 unspecified atom stereocenters. The lowest BCUT2D eigenvalue weighted by atomic mass is 10.0. The minimum absolute atomic E-state index is 0.771. The molecule has 0 fully saturated rings. The van der Waals surface area contributed by atoms with Crippen LogP contribution in [0.15, 0.2) is 60.0 Å². The van der Waals surface area contributed by atoms with E-state index >= 15 is 0 Å². The number of aldehydes is 1. The molecule has 0 amide bonds. The van der Waals surface area contributed by atoms with Gasteiger partial charge in [-0.05, 0) is 40.3 Å². The average molecular weight is 294 g/mol. The largest absolute Gasteiger partial charge is 0.497 e. The van der Waals surface area contributed by atoms with E-state index in [9.17, 15) is 4.79 Å². The van der Waals surface area contributed by atoms with Crippen LogP contribution in [-0.4, -0.2) is 13.4 Å². The first kappa shape index (κ1) is 13.6. The van der Waals surface area contributed by atoms with Crippen molar-refractivity contribution < 1.29 is 9.53 Å². The van der Waals surface area contributed by atoms with E-state index in [2.05, 4.69) is 24.3 Å². The number of hydrogen-bond acceptors (Lipinski definition) is 3. The molecule has 0 bridgehead atoms. The molecule has 1 aromatic heterocycles. The lowest BCUT2D eigenvalue weighted by molar-refractivity contribution is 0.112. The van der Waals surface area contributed by atoms with Gasteiger partial charge in [-0.3, -0.25) is 4.79 Å². The second-order valence-corrected chi connectivity index (χ2v) is 5.57. The number of carbonyl (C=O) groups is 1. The SMILES string of the molecule is COc1ccc(-c2ccc(-c3ccsc3C=O)cc2)cc1. The number of carbonyl (C=O) groups excluding carboxylic acids is 1. The molecule has 0 radical (unpaired) electrons. The average Bonchev–Trinajstić information content (AvgIpc) is 3.04. The second kappa shape index (κ2) is 5.94. The van der Waals surface area contributed by atoms with Crippen molar-refractivity contribution in [1.29, 1.82) is 0 Å². The Kier molecular flexibility index (Phi) is 3.84.